The number of benzene rings is 1. The molecule has 1 heteroatoms. The van der Waals surface area contributed by atoms with Gasteiger partial charge in [-0.05, 0) is 35.4 Å². The van der Waals surface area contributed by atoms with Crippen LogP contribution in [0.15, 0.2) is 12.1 Å². The lowest BCUT2D eigenvalue weighted by Gasteiger charge is -2.15. The van der Waals surface area contributed by atoms with Gasteiger partial charge in [0, 0.05) is 5.02 Å². The summed E-state index contributed by atoms with van der Waals surface area (Å²) in [4.78, 5) is 0. The quantitative estimate of drug-likeness (QED) is 0.652. The summed E-state index contributed by atoms with van der Waals surface area (Å²) < 4.78 is 0. The molecule has 0 aliphatic carbocycles. The Morgan fingerprint density at radius 1 is 1.00 bits per heavy atom. The Labute approximate surface area is 92.3 Å². The van der Waals surface area contributed by atoms with Crippen molar-refractivity contribution in [1.82, 2.24) is 0 Å². The molecule has 14 heavy (non-hydrogen) atoms. The minimum absolute atomic E-state index is 0.500. The van der Waals surface area contributed by atoms with Crippen LogP contribution in [0.2, 0.25) is 5.02 Å². The van der Waals surface area contributed by atoms with E-state index in [0.29, 0.717) is 11.8 Å². The first-order valence-corrected chi connectivity index (χ1v) is 5.61. The monoisotopic (exact) mass is 210 g/mol. The Hall–Kier alpha value is -0.490. The van der Waals surface area contributed by atoms with E-state index in [1.54, 1.807) is 0 Å². The molecule has 0 aliphatic rings. The van der Waals surface area contributed by atoms with Crippen LogP contribution < -0.4 is 0 Å². The lowest BCUT2D eigenvalue weighted by Crippen LogP contribution is -1.96. The molecule has 0 heterocycles. The zero-order chi connectivity index (χ0) is 10.9. The summed E-state index contributed by atoms with van der Waals surface area (Å²) in [6, 6.07) is 4.43. The van der Waals surface area contributed by atoms with Crippen molar-refractivity contribution in [2.24, 2.45) is 0 Å². The van der Waals surface area contributed by atoms with Crippen LogP contribution in [0, 0.1) is 6.92 Å². The molecule has 0 spiro atoms. The van der Waals surface area contributed by atoms with Crippen molar-refractivity contribution >= 4 is 11.6 Å². The molecule has 0 aliphatic heterocycles. The molecule has 0 amide bonds. The van der Waals surface area contributed by atoms with Gasteiger partial charge in [0.2, 0.25) is 0 Å². The van der Waals surface area contributed by atoms with Crippen LogP contribution in [-0.2, 0) is 0 Å². The highest BCUT2D eigenvalue weighted by Crippen LogP contribution is 2.31. The van der Waals surface area contributed by atoms with E-state index in [1.165, 1.54) is 16.7 Å². The van der Waals surface area contributed by atoms with Crippen molar-refractivity contribution in [3.8, 4) is 0 Å². The molecule has 0 aromatic heterocycles. The van der Waals surface area contributed by atoms with Gasteiger partial charge in [0.05, 0.1) is 0 Å². The third-order valence-corrected chi connectivity index (χ3v) is 3.11. The molecule has 1 rings (SSSR count). The van der Waals surface area contributed by atoms with Crippen LogP contribution in [0.1, 0.15) is 56.2 Å². The molecule has 1 aromatic carbocycles. The largest absolute Gasteiger partial charge is 0.0837 e. The van der Waals surface area contributed by atoms with Gasteiger partial charge in [-0.25, -0.2) is 0 Å². The normalized spacial score (nSPS) is 11.4. The molecule has 0 unspecified atom stereocenters. The predicted molar refractivity (Wildman–Crippen MR) is 64.4 cm³/mol. The van der Waals surface area contributed by atoms with Crippen molar-refractivity contribution in [2.45, 2.75) is 46.5 Å². The van der Waals surface area contributed by atoms with Crippen LogP contribution in [0.4, 0.5) is 0 Å². The maximum atomic E-state index is 6.26. The SMILES string of the molecule is Cc1cc(C(C)C)cc(C(C)C)c1Cl. The maximum absolute atomic E-state index is 6.26. The zero-order valence-corrected chi connectivity index (χ0v) is 10.4. The third-order valence-electron chi connectivity index (χ3n) is 2.59. The minimum atomic E-state index is 0.500. The molecule has 0 saturated heterocycles. The fourth-order valence-electron chi connectivity index (χ4n) is 1.58. The van der Waals surface area contributed by atoms with Gasteiger partial charge in [0.1, 0.15) is 0 Å². The summed E-state index contributed by atoms with van der Waals surface area (Å²) in [6.07, 6.45) is 0. The molecule has 0 nitrogen and oxygen atoms in total. The summed E-state index contributed by atoms with van der Waals surface area (Å²) in [5.41, 5.74) is 3.85. The molecule has 0 radical (unpaired) electrons. The van der Waals surface area contributed by atoms with Gasteiger partial charge < -0.3 is 0 Å². The summed E-state index contributed by atoms with van der Waals surface area (Å²) in [6.45, 7) is 10.9. The lowest BCUT2D eigenvalue weighted by molar-refractivity contribution is 0.831. The first-order chi connectivity index (χ1) is 6.43. The highest BCUT2D eigenvalue weighted by atomic mass is 35.5. The first kappa shape index (κ1) is 11.6. The molecule has 78 valence electrons. The van der Waals surface area contributed by atoms with E-state index >= 15 is 0 Å². The van der Waals surface area contributed by atoms with Gasteiger partial charge in [0.15, 0.2) is 0 Å². The van der Waals surface area contributed by atoms with Gasteiger partial charge in [-0.2, -0.15) is 0 Å². The van der Waals surface area contributed by atoms with Gasteiger partial charge >= 0.3 is 0 Å². The van der Waals surface area contributed by atoms with Crippen molar-refractivity contribution < 1.29 is 0 Å². The van der Waals surface area contributed by atoms with E-state index in [2.05, 4.69) is 46.8 Å². The Balaban J connectivity index is 3.28. The van der Waals surface area contributed by atoms with Gasteiger partial charge in [0.25, 0.3) is 0 Å². The van der Waals surface area contributed by atoms with Crippen LogP contribution in [0.25, 0.3) is 0 Å². The van der Waals surface area contributed by atoms with Crippen molar-refractivity contribution in [1.29, 1.82) is 0 Å². The number of hydrogen-bond acceptors (Lipinski definition) is 0. The molecule has 0 atom stereocenters. The maximum Gasteiger partial charge on any atom is 0.0469 e. The standard InChI is InChI=1S/C13H19Cl/c1-8(2)11-6-10(5)13(14)12(7-11)9(3)4/h6-9H,1-5H3. The third kappa shape index (κ3) is 2.30. The van der Waals surface area contributed by atoms with Gasteiger partial charge in [-0.15, -0.1) is 0 Å². The summed E-state index contributed by atoms with van der Waals surface area (Å²) in [5, 5.41) is 0.935. The fraction of sp³-hybridized carbons (Fsp3) is 0.538. The number of halogens is 1. The predicted octanol–water partition coefficient (Wildman–Crippen LogP) is 4.90. The van der Waals surface area contributed by atoms with Crippen LogP contribution in [-0.4, -0.2) is 0 Å². The van der Waals surface area contributed by atoms with E-state index in [1.807, 2.05) is 0 Å². The molecule has 1 aromatic rings. The molecule has 0 fully saturated rings. The van der Waals surface area contributed by atoms with E-state index in [0.717, 1.165) is 5.02 Å². The van der Waals surface area contributed by atoms with Crippen LogP contribution >= 0.6 is 11.6 Å². The molecular formula is C13H19Cl. The Bertz CT molecular complexity index is 324. The van der Waals surface area contributed by atoms with Crippen LogP contribution in [0.5, 0.6) is 0 Å². The zero-order valence-electron chi connectivity index (χ0n) is 9.69. The topological polar surface area (TPSA) is 0 Å². The average molecular weight is 211 g/mol. The van der Waals surface area contributed by atoms with Crippen molar-refractivity contribution in [3.05, 3.63) is 33.8 Å². The molecule has 0 saturated carbocycles. The number of aryl methyl sites for hydroxylation is 1. The molecule has 0 bridgehead atoms. The Morgan fingerprint density at radius 3 is 2.00 bits per heavy atom. The van der Waals surface area contributed by atoms with Gasteiger partial charge in [-0.1, -0.05) is 51.4 Å². The van der Waals surface area contributed by atoms with E-state index in [9.17, 15) is 0 Å². The second-order valence-electron chi connectivity index (χ2n) is 4.55. The Kier molecular flexibility index (Phi) is 3.60. The first-order valence-electron chi connectivity index (χ1n) is 5.23. The van der Waals surface area contributed by atoms with E-state index < -0.39 is 0 Å². The lowest BCUT2D eigenvalue weighted by atomic mass is 9.93. The van der Waals surface area contributed by atoms with Crippen molar-refractivity contribution in [2.75, 3.05) is 0 Å². The fourth-order valence-corrected chi connectivity index (χ4v) is 1.91. The molecular weight excluding hydrogens is 192 g/mol. The highest BCUT2D eigenvalue weighted by molar-refractivity contribution is 6.32. The highest BCUT2D eigenvalue weighted by Gasteiger charge is 2.10. The average Bonchev–Trinajstić information content (AvgIpc) is 2.08. The summed E-state index contributed by atoms with van der Waals surface area (Å²) >= 11 is 6.26. The van der Waals surface area contributed by atoms with E-state index in [-0.39, 0.29) is 0 Å². The smallest absolute Gasteiger partial charge is 0.0469 e. The Morgan fingerprint density at radius 2 is 1.57 bits per heavy atom. The minimum Gasteiger partial charge on any atom is -0.0837 e. The van der Waals surface area contributed by atoms with Crippen molar-refractivity contribution in [3.63, 3.8) is 0 Å². The number of rotatable bonds is 2. The summed E-state index contributed by atoms with van der Waals surface area (Å²) in [5.74, 6) is 1.07. The van der Waals surface area contributed by atoms with E-state index in [4.69, 9.17) is 11.6 Å². The summed E-state index contributed by atoms with van der Waals surface area (Å²) in [7, 11) is 0. The number of hydrogen-bond donors (Lipinski definition) is 0. The van der Waals surface area contributed by atoms with Gasteiger partial charge in [-0.3, -0.25) is 0 Å². The second-order valence-corrected chi connectivity index (χ2v) is 4.93. The van der Waals surface area contributed by atoms with Crippen LogP contribution in [0.3, 0.4) is 0 Å². The second kappa shape index (κ2) is 4.35. The molecule has 0 N–H and O–H groups in total.